The second-order valence-electron chi connectivity index (χ2n) is 3.48. The van der Waals surface area contributed by atoms with Crippen molar-refractivity contribution in [2.45, 2.75) is 0 Å². The van der Waals surface area contributed by atoms with E-state index in [-0.39, 0.29) is 5.91 Å². The number of hydrogen-bond acceptors (Lipinski definition) is 2. The molecule has 5 heteroatoms. The van der Waals surface area contributed by atoms with Crippen LogP contribution in [-0.4, -0.2) is 11.1 Å². The lowest BCUT2D eigenvalue weighted by Crippen LogP contribution is -2.09. The van der Waals surface area contributed by atoms with E-state index in [9.17, 15) is 9.59 Å². The number of amides is 1. The van der Waals surface area contributed by atoms with E-state index < -0.39 is 5.24 Å². The van der Waals surface area contributed by atoms with Crippen LogP contribution in [0.5, 0.6) is 0 Å². The topological polar surface area (TPSA) is 60.2 Å². The highest BCUT2D eigenvalue weighted by Gasteiger charge is 2.04. The number of primary amides is 1. The van der Waals surface area contributed by atoms with E-state index in [0.717, 1.165) is 0 Å². The molecule has 0 heterocycles. The van der Waals surface area contributed by atoms with Gasteiger partial charge in [0.15, 0.2) is 0 Å². The van der Waals surface area contributed by atoms with Crippen molar-refractivity contribution in [3.05, 3.63) is 70.7 Å². The zero-order valence-electron chi connectivity index (χ0n) is 9.85. The summed E-state index contributed by atoms with van der Waals surface area (Å²) in [5, 5.41) is -0.131. The van der Waals surface area contributed by atoms with Crippen LogP contribution in [0.2, 0.25) is 5.02 Å². The van der Waals surface area contributed by atoms with Gasteiger partial charge in [0.2, 0.25) is 5.91 Å². The Kier molecular flexibility index (Phi) is 6.06. The van der Waals surface area contributed by atoms with Crippen molar-refractivity contribution >= 4 is 34.4 Å². The van der Waals surface area contributed by atoms with E-state index in [1.165, 1.54) is 0 Å². The SMILES string of the molecule is NC(=O)c1ccccc1.O=C(Cl)c1ccccc1Cl. The molecule has 0 aliphatic rings. The molecule has 0 fully saturated rings. The summed E-state index contributed by atoms with van der Waals surface area (Å²) < 4.78 is 0. The minimum absolute atomic E-state index is 0.353. The van der Waals surface area contributed by atoms with Crippen LogP contribution in [0.4, 0.5) is 0 Å². The Morgan fingerprint density at radius 2 is 1.42 bits per heavy atom. The fraction of sp³-hybridized carbons (Fsp3) is 0. The molecule has 2 N–H and O–H groups in total. The lowest BCUT2D eigenvalue weighted by atomic mass is 10.2. The summed E-state index contributed by atoms with van der Waals surface area (Å²) >= 11 is 10.8. The van der Waals surface area contributed by atoms with Gasteiger partial charge in [0.25, 0.3) is 5.24 Å². The molecule has 0 spiro atoms. The first kappa shape index (κ1) is 15.2. The molecule has 0 unspecified atom stereocenters. The fourth-order valence-corrected chi connectivity index (χ4v) is 1.66. The standard InChI is InChI=1S/C7H4Cl2O.C7H7NO/c8-6-4-2-1-3-5(6)7(9)10;8-7(9)6-4-2-1-3-5-6/h1-4H;1-5H,(H2,8,9). The number of nitrogens with two attached hydrogens (primary N) is 1. The van der Waals surface area contributed by atoms with E-state index >= 15 is 0 Å². The van der Waals surface area contributed by atoms with Crippen molar-refractivity contribution in [2.75, 3.05) is 0 Å². The number of benzene rings is 2. The fourth-order valence-electron chi connectivity index (χ4n) is 1.22. The van der Waals surface area contributed by atoms with Crippen LogP contribution < -0.4 is 5.73 Å². The highest BCUT2D eigenvalue weighted by atomic mass is 35.5. The Bertz CT molecular complexity index is 571. The Balaban J connectivity index is 0.000000191. The Hall–Kier alpha value is -1.84. The van der Waals surface area contributed by atoms with Crippen LogP contribution in [-0.2, 0) is 0 Å². The van der Waals surface area contributed by atoms with E-state index in [1.54, 1.807) is 48.5 Å². The molecule has 19 heavy (non-hydrogen) atoms. The van der Waals surface area contributed by atoms with Crippen LogP contribution in [0.1, 0.15) is 20.7 Å². The third-order valence-corrected chi connectivity index (χ3v) is 2.68. The maximum absolute atomic E-state index is 10.5. The second kappa shape index (κ2) is 7.56. The zero-order valence-corrected chi connectivity index (χ0v) is 11.4. The highest BCUT2D eigenvalue weighted by Crippen LogP contribution is 2.16. The van der Waals surface area contributed by atoms with Gasteiger partial charge in [-0.05, 0) is 35.9 Å². The predicted molar refractivity (Wildman–Crippen MR) is 76.6 cm³/mol. The summed E-state index contributed by atoms with van der Waals surface area (Å²) in [7, 11) is 0. The number of rotatable bonds is 2. The van der Waals surface area contributed by atoms with Crippen molar-refractivity contribution < 1.29 is 9.59 Å². The summed E-state index contributed by atoms with van der Waals surface area (Å²) in [6.45, 7) is 0. The molecule has 0 atom stereocenters. The maximum atomic E-state index is 10.5. The molecule has 1 amide bonds. The molecular weight excluding hydrogens is 285 g/mol. The number of hydrogen-bond donors (Lipinski definition) is 1. The number of carbonyl (C=O) groups is 2. The molecule has 0 saturated carbocycles. The van der Waals surface area contributed by atoms with E-state index in [0.29, 0.717) is 16.1 Å². The molecule has 0 aromatic heterocycles. The normalized spacial score (nSPS) is 9.16. The van der Waals surface area contributed by atoms with E-state index in [4.69, 9.17) is 28.9 Å². The molecule has 0 bridgehead atoms. The van der Waals surface area contributed by atoms with Crippen molar-refractivity contribution in [2.24, 2.45) is 5.73 Å². The molecule has 0 aliphatic carbocycles. The zero-order chi connectivity index (χ0) is 14.3. The molecule has 0 aliphatic heterocycles. The molecule has 0 radical (unpaired) electrons. The van der Waals surface area contributed by atoms with Gasteiger partial charge in [-0.2, -0.15) is 0 Å². The summed E-state index contributed by atoms with van der Waals surface area (Å²) in [6, 6.07) is 15.4. The number of carbonyl (C=O) groups excluding carboxylic acids is 2. The van der Waals surface area contributed by atoms with Crippen molar-refractivity contribution in [3.63, 3.8) is 0 Å². The summed E-state index contributed by atoms with van der Waals surface area (Å²) in [4.78, 5) is 21.0. The second-order valence-corrected chi connectivity index (χ2v) is 4.23. The van der Waals surface area contributed by atoms with Crippen molar-refractivity contribution in [3.8, 4) is 0 Å². The lowest BCUT2D eigenvalue weighted by molar-refractivity contribution is 0.0999. The van der Waals surface area contributed by atoms with E-state index in [1.807, 2.05) is 6.07 Å². The average Bonchev–Trinajstić information content (AvgIpc) is 2.40. The van der Waals surface area contributed by atoms with Gasteiger partial charge in [0, 0.05) is 5.56 Å². The Morgan fingerprint density at radius 3 is 1.79 bits per heavy atom. The van der Waals surface area contributed by atoms with Crippen molar-refractivity contribution in [1.82, 2.24) is 0 Å². The first-order valence-electron chi connectivity index (χ1n) is 5.31. The Morgan fingerprint density at radius 1 is 0.895 bits per heavy atom. The number of halogens is 2. The van der Waals surface area contributed by atoms with Gasteiger partial charge < -0.3 is 5.73 Å². The minimum atomic E-state index is -0.523. The molecular formula is C14H11Cl2NO2. The highest BCUT2D eigenvalue weighted by molar-refractivity contribution is 6.68. The maximum Gasteiger partial charge on any atom is 0.253 e. The quantitative estimate of drug-likeness (QED) is 0.862. The van der Waals surface area contributed by atoms with Crippen LogP contribution in [0.25, 0.3) is 0 Å². The Labute approximate surface area is 120 Å². The smallest absolute Gasteiger partial charge is 0.253 e. The molecule has 3 nitrogen and oxygen atoms in total. The van der Waals surface area contributed by atoms with Crippen LogP contribution in [0.3, 0.4) is 0 Å². The third-order valence-electron chi connectivity index (χ3n) is 2.14. The van der Waals surface area contributed by atoms with Gasteiger partial charge in [0.05, 0.1) is 10.6 Å². The first-order chi connectivity index (χ1) is 9.02. The predicted octanol–water partition coefficient (Wildman–Crippen LogP) is 3.50. The van der Waals surface area contributed by atoms with Gasteiger partial charge in [-0.25, -0.2) is 0 Å². The van der Waals surface area contributed by atoms with Crippen molar-refractivity contribution in [1.29, 1.82) is 0 Å². The monoisotopic (exact) mass is 295 g/mol. The largest absolute Gasteiger partial charge is 0.366 e. The van der Waals surface area contributed by atoms with E-state index in [2.05, 4.69) is 0 Å². The van der Waals surface area contributed by atoms with Gasteiger partial charge in [-0.3, -0.25) is 9.59 Å². The van der Waals surface area contributed by atoms with Crippen LogP contribution >= 0.6 is 23.2 Å². The third kappa shape index (κ3) is 5.12. The molecule has 2 rings (SSSR count). The molecule has 2 aromatic carbocycles. The van der Waals surface area contributed by atoms with Gasteiger partial charge >= 0.3 is 0 Å². The lowest BCUT2D eigenvalue weighted by Gasteiger charge is -1.93. The minimum Gasteiger partial charge on any atom is -0.366 e. The van der Waals surface area contributed by atoms with Gasteiger partial charge in [-0.1, -0.05) is 41.9 Å². The molecule has 98 valence electrons. The first-order valence-corrected chi connectivity index (χ1v) is 6.07. The summed E-state index contributed by atoms with van der Waals surface area (Å²) in [5.41, 5.74) is 5.88. The van der Waals surface area contributed by atoms with Crippen LogP contribution in [0.15, 0.2) is 54.6 Å². The summed E-state index contributed by atoms with van der Waals surface area (Å²) in [5.74, 6) is -0.379. The average molecular weight is 296 g/mol. The molecule has 2 aromatic rings. The molecule has 0 saturated heterocycles. The van der Waals surface area contributed by atoms with Crippen LogP contribution in [0, 0.1) is 0 Å². The summed E-state index contributed by atoms with van der Waals surface area (Å²) in [6.07, 6.45) is 0. The van der Waals surface area contributed by atoms with Gasteiger partial charge in [0.1, 0.15) is 0 Å². The van der Waals surface area contributed by atoms with Gasteiger partial charge in [-0.15, -0.1) is 0 Å².